The number of alkyl halides is 4. The Kier molecular flexibility index (Phi) is 5.80. The molecule has 1 aromatic carbocycles. The van der Waals surface area contributed by atoms with Crippen molar-refractivity contribution in [3.05, 3.63) is 46.9 Å². The number of nitrogens with zero attached hydrogens (tertiary/aromatic N) is 4. The summed E-state index contributed by atoms with van der Waals surface area (Å²) in [7, 11) is 0. The fourth-order valence-electron chi connectivity index (χ4n) is 2.75. The van der Waals surface area contributed by atoms with Gasteiger partial charge in [0.05, 0.1) is 11.6 Å². The molecule has 0 saturated heterocycles. The molecule has 0 unspecified atom stereocenters. The average Bonchev–Trinajstić information content (AvgIpc) is 3.07. The molecule has 3 rings (SSSR count). The topological polar surface area (TPSA) is 84.6 Å². The van der Waals surface area contributed by atoms with Gasteiger partial charge in [0.25, 0.3) is 12.2 Å². The molecule has 1 atom stereocenters. The van der Waals surface area contributed by atoms with Gasteiger partial charge in [-0.3, -0.25) is 0 Å². The van der Waals surface area contributed by atoms with Gasteiger partial charge in [-0.15, -0.1) is 0 Å². The smallest absolute Gasteiger partial charge is 0.387 e. The van der Waals surface area contributed by atoms with Crippen LogP contribution < -0.4 is 10.1 Å². The highest BCUT2D eigenvalue weighted by Gasteiger charge is 2.31. The van der Waals surface area contributed by atoms with E-state index >= 15 is 0 Å². The van der Waals surface area contributed by atoms with Crippen molar-refractivity contribution in [1.29, 1.82) is 0 Å². The molecular weight excluding hydrogens is 418 g/mol. The van der Waals surface area contributed by atoms with Crippen LogP contribution in [0.2, 0.25) is 5.02 Å². The Labute approximate surface area is 167 Å². The second-order valence-corrected chi connectivity index (χ2v) is 7.04. The minimum Gasteiger partial charge on any atom is -0.435 e. The molecule has 12 heteroatoms. The zero-order valence-corrected chi connectivity index (χ0v) is 15.9. The van der Waals surface area contributed by atoms with E-state index in [9.17, 15) is 22.7 Å². The van der Waals surface area contributed by atoms with Crippen molar-refractivity contribution >= 4 is 23.2 Å². The first kappa shape index (κ1) is 21.1. The lowest BCUT2D eigenvalue weighted by molar-refractivity contribution is -0.0498. The number of ether oxygens (including phenoxy) is 1. The van der Waals surface area contributed by atoms with E-state index < -0.39 is 30.4 Å². The second kappa shape index (κ2) is 7.99. The van der Waals surface area contributed by atoms with Gasteiger partial charge in [0.15, 0.2) is 0 Å². The number of hydrogen-bond acceptors (Lipinski definition) is 6. The molecule has 0 radical (unpaired) electrons. The molecule has 0 amide bonds. The summed E-state index contributed by atoms with van der Waals surface area (Å²) in [4.78, 5) is 7.53. The van der Waals surface area contributed by atoms with Gasteiger partial charge in [0, 0.05) is 11.1 Å². The molecule has 2 aromatic heterocycles. The number of aliphatic hydroxyl groups is 1. The summed E-state index contributed by atoms with van der Waals surface area (Å²) in [6.07, 6.45) is -1.71. The van der Waals surface area contributed by atoms with E-state index in [1.807, 2.05) is 0 Å². The van der Waals surface area contributed by atoms with Crippen LogP contribution in [0.1, 0.15) is 37.6 Å². The van der Waals surface area contributed by atoms with E-state index in [2.05, 4.69) is 25.1 Å². The lowest BCUT2D eigenvalue weighted by Gasteiger charge is -2.32. The van der Waals surface area contributed by atoms with E-state index in [0.29, 0.717) is 5.56 Å². The quantitative estimate of drug-likeness (QED) is 0.542. The summed E-state index contributed by atoms with van der Waals surface area (Å²) in [5, 5.41) is 17.5. The van der Waals surface area contributed by atoms with Crippen LogP contribution in [0, 0.1) is 0 Å². The molecule has 0 aliphatic carbocycles. The third-order valence-corrected chi connectivity index (χ3v) is 4.33. The number of fused-ring (bicyclic) bond motifs is 1. The molecule has 7 nitrogen and oxygen atoms in total. The number of hydrogen-bond donors (Lipinski definition) is 2. The van der Waals surface area contributed by atoms with Crippen LogP contribution in [0.25, 0.3) is 5.78 Å². The van der Waals surface area contributed by atoms with E-state index in [0.717, 1.165) is 12.4 Å². The van der Waals surface area contributed by atoms with Crippen molar-refractivity contribution in [3.8, 4) is 5.75 Å². The largest absolute Gasteiger partial charge is 0.435 e. The summed E-state index contributed by atoms with van der Waals surface area (Å²) in [5.74, 6) is -0.142. The third-order valence-electron chi connectivity index (χ3n) is 4.00. The van der Waals surface area contributed by atoms with E-state index in [1.54, 1.807) is 0 Å². The van der Waals surface area contributed by atoms with Gasteiger partial charge in [-0.1, -0.05) is 17.7 Å². The highest BCUT2D eigenvalue weighted by atomic mass is 35.5. The predicted molar refractivity (Wildman–Crippen MR) is 96.5 cm³/mol. The Morgan fingerprint density at radius 2 is 1.93 bits per heavy atom. The summed E-state index contributed by atoms with van der Waals surface area (Å²) in [5.41, 5.74) is -1.66. The van der Waals surface area contributed by atoms with Crippen molar-refractivity contribution < 1.29 is 27.4 Å². The fourth-order valence-corrected chi connectivity index (χ4v) is 3.03. The predicted octanol–water partition coefficient (Wildman–Crippen LogP) is 4.24. The second-order valence-electron chi connectivity index (χ2n) is 6.63. The number of rotatable bonds is 7. The fraction of sp³-hybridized carbons (Fsp3) is 0.353. The van der Waals surface area contributed by atoms with E-state index in [1.165, 1.54) is 36.6 Å². The lowest BCUT2D eigenvalue weighted by Crippen LogP contribution is -2.35. The lowest BCUT2D eigenvalue weighted by atomic mass is 9.91. The van der Waals surface area contributed by atoms with Crippen molar-refractivity contribution in [2.24, 2.45) is 0 Å². The maximum Gasteiger partial charge on any atom is 0.387 e. The van der Waals surface area contributed by atoms with Crippen LogP contribution in [-0.4, -0.2) is 36.9 Å². The molecule has 0 aliphatic rings. The van der Waals surface area contributed by atoms with Gasteiger partial charge in [-0.25, -0.2) is 13.8 Å². The number of aromatic nitrogens is 4. The zero-order valence-electron chi connectivity index (χ0n) is 15.2. The molecule has 0 aliphatic heterocycles. The van der Waals surface area contributed by atoms with Gasteiger partial charge in [-0.05, 0) is 31.5 Å². The maximum atomic E-state index is 13.2. The minimum atomic E-state index is -3.02. The van der Waals surface area contributed by atoms with Crippen LogP contribution in [-0.2, 0) is 0 Å². The Bertz CT molecular complexity index is 1010. The van der Waals surface area contributed by atoms with E-state index in [4.69, 9.17) is 11.6 Å². The van der Waals surface area contributed by atoms with Gasteiger partial charge in [-0.2, -0.15) is 23.4 Å². The van der Waals surface area contributed by atoms with Gasteiger partial charge in [0.2, 0.25) is 0 Å². The van der Waals surface area contributed by atoms with Crippen LogP contribution >= 0.6 is 11.6 Å². The Morgan fingerprint density at radius 3 is 2.52 bits per heavy atom. The van der Waals surface area contributed by atoms with Crippen LogP contribution in [0.5, 0.6) is 5.75 Å². The van der Waals surface area contributed by atoms with Gasteiger partial charge in [0.1, 0.15) is 23.6 Å². The molecule has 2 heterocycles. The molecule has 0 bridgehead atoms. The summed E-state index contributed by atoms with van der Waals surface area (Å²) < 4.78 is 56.7. The molecule has 0 saturated carbocycles. The van der Waals surface area contributed by atoms with Crippen LogP contribution in [0.15, 0.2) is 30.6 Å². The average molecular weight is 434 g/mol. The first-order valence-electron chi connectivity index (χ1n) is 8.28. The van der Waals surface area contributed by atoms with Crippen molar-refractivity contribution in [2.75, 3.05) is 5.32 Å². The number of benzene rings is 1. The van der Waals surface area contributed by atoms with Crippen molar-refractivity contribution in [1.82, 2.24) is 19.6 Å². The first-order valence-corrected chi connectivity index (χ1v) is 8.66. The van der Waals surface area contributed by atoms with Crippen molar-refractivity contribution in [3.63, 3.8) is 0 Å². The zero-order chi connectivity index (χ0) is 21.3. The molecule has 156 valence electrons. The molecule has 29 heavy (non-hydrogen) atoms. The monoisotopic (exact) mass is 433 g/mol. The van der Waals surface area contributed by atoms with Crippen LogP contribution in [0.3, 0.4) is 0 Å². The van der Waals surface area contributed by atoms with Gasteiger partial charge < -0.3 is 15.2 Å². The Morgan fingerprint density at radius 1 is 1.21 bits per heavy atom. The SMILES string of the molecule is CC(C)(O)[C@@H](Nc1cc(C(F)F)nc2ncnn12)c1ccc(OC(F)F)cc1Cl. The third kappa shape index (κ3) is 4.67. The summed E-state index contributed by atoms with van der Waals surface area (Å²) in [6, 6.07) is 3.97. The summed E-state index contributed by atoms with van der Waals surface area (Å²) >= 11 is 6.22. The first-order chi connectivity index (χ1) is 13.6. The Hall–Kier alpha value is -2.66. The molecule has 2 N–H and O–H groups in total. The minimum absolute atomic E-state index is 0.0285. The molecule has 0 spiro atoms. The highest BCUT2D eigenvalue weighted by Crippen LogP contribution is 2.36. The Balaban J connectivity index is 2.04. The molecule has 3 aromatic rings. The molecular formula is C17H16ClF4N5O2. The number of nitrogens with one attached hydrogen (secondary N) is 1. The molecule has 0 fully saturated rings. The van der Waals surface area contributed by atoms with Gasteiger partial charge >= 0.3 is 6.61 Å². The normalized spacial score (nSPS) is 13.3. The van der Waals surface area contributed by atoms with Crippen molar-refractivity contribution in [2.45, 2.75) is 38.5 Å². The summed E-state index contributed by atoms with van der Waals surface area (Å²) in [6.45, 7) is -0.0818. The maximum absolute atomic E-state index is 13.2. The highest BCUT2D eigenvalue weighted by molar-refractivity contribution is 6.31. The van der Waals surface area contributed by atoms with E-state index in [-0.39, 0.29) is 22.4 Å². The number of halogens is 5. The standard InChI is InChI=1S/C17H16ClF4N5O2/c1-17(2,28)13(9-4-3-8(5-10(9)18)29-15(21)22)26-12-6-11(14(19)20)25-16-23-7-24-27(12)16/h3-7,13-15,26,28H,1-2H3/t13-/m0/s1. The van der Waals surface area contributed by atoms with Crippen LogP contribution in [0.4, 0.5) is 23.4 Å². The number of anilines is 1.